The van der Waals surface area contributed by atoms with E-state index in [1.54, 1.807) is 6.20 Å². The molecule has 0 fully saturated rings. The van der Waals surface area contributed by atoms with Crippen molar-refractivity contribution < 1.29 is 0 Å². The molecule has 2 heterocycles. The number of benzene rings is 1. The predicted octanol–water partition coefficient (Wildman–Crippen LogP) is 1.34. The van der Waals surface area contributed by atoms with E-state index in [2.05, 4.69) is 20.3 Å². The molecule has 3 aromatic rings. The van der Waals surface area contributed by atoms with Crippen LogP contribution in [-0.2, 0) is 0 Å². The normalized spacial score (nSPS) is 12.2. The van der Waals surface area contributed by atoms with Crippen LogP contribution in [-0.4, -0.2) is 47.9 Å². The van der Waals surface area contributed by atoms with Crippen molar-refractivity contribution in [3.63, 3.8) is 0 Å². The Morgan fingerprint density at radius 3 is 2.79 bits per heavy atom. The van der Waals surface area contributed by atoms with E-state index in [0.717, 1.165) is 46.1 Å². The van der Waals surface area contributed by atoms with Gasteiger partial charge in [0.2, 0.25) is 0 Å². The van der Waals surface area contributed by atoms with Gasteiger partial charge in [0.05, 0.1) is 5.52 Å². The van der Waals surface area contributed by atoms with Crippen LogP contribution < -0.4 is 16.9 Å². The summed E-state index contributed by atoms with van der Waals surface area (Å²) >= 11 is 0. The highest BCUT2D eigenvalue weighted by atomic mass is 15.2. The fourth-order valence-electron chi connectivity index (χ4n) is 2.61. The van der Waals surface area contributed by atoms with Crippen LogP contribution in [0.1, 0.15) is 5.56 Å². The van der Waals surface area contributed by atoms with E-state index in [4.69, 9.17) is 16.6 Å². The van der Waals surface area contributed by atoms with Gasteiger partial charge < -0.3 is 21.8 Å². The molecule has 0 amide bonds. The zero-order valence-electron chi connectivity index (χ0n) is 13.8. The number of nitrogens with two attached hydrogens (primary N) is 2. The number of nitrogens with one attached hydrogen (secondary N) is 1. The number of hydrogen-bond donors (Lipinski definition) is 3. The molecule has 0 aliphatic heterocycles. The zero-order valence-corrected chi connectivity index (χ0v) is 13.8. The van der Waals surface area contributed by atoms with Crippen LogP contribution in [0.3, 0.4) is 0 Å². The number of nitrogens with zero attached hydrogens (tertiary/aromatic N) is 4. The molecule has 1 aromatic carbocycles. The Morgan fingerprint density at radius 1 is 1.21 bits per heavy atom. The van der Waals surface area contributed by atoms with Crippen molar-refractivity contribution >= 4 is 33.3 Å². The Balaban J connectivity index is 2.13. The number of amidine groups is 1. The first-order valence-electron chi connectivity index (χ1n) is 7.70. The van der Waals surface area contributed by atoms with Gasteiger partial charge in [0.25, 0.3) is 0 Å². The Labute approximate surface area is 140 Å². The first-order chi connectivity index (χ1) is 11.6. The third-order valence-electron chi connectivity index (χ3n) is 3.88. The topological polar surface area (TPSA) is 105 Å². The van der Waals surface area contributed by atoms with Gasteiger partial charge in [0, 0.05) is 47.2 Å². The van der Waals surface area contributed by atoms with Gasteiger partial charge in [-0.2, -0.15) is 5.10 Å². The second-order valence-corrected chi connectivity index (χ2v) is 5.86. The van der Waals surface area contributed by atoms with Crippen LogP contribution in [0.15, 0.2) is 41.8 Å². The number of hydrogen-bond acceptors (Lipinski definition) is 6. The number of likely N-dealkylation sites (N-methyl/N-ethyl adjacent to an activating group) is 1. The first kappa shape index (κ1) is 15.9. The largest absolute Gasteiger partial charge is 0.382 e. The van der Waals surface area contributed by atoms with Crippen molar-refractivity contribution in [1.29, 1.82) is 0 Å². The first-order valence-corrected chi connectivity index (χ1v) is 7.70. The number of anilines is 1. The molecular weight excluding hydrogens is 302 g/mol. The smallest absolute Gasteiger partial charge is 0.150 e. The van der Waals surface area contributed by atoms with Crippen LogP contribution >= 0.6 is 0 Å². The summed E-state index contributed by atoms with van der Waals surface area (Å²) in [6, 6.07) is 7.73. The van der Waals surface area contributed by atoms with Crippen molar-refractivity contribution in [2.75, 3.05) is 32.5 Å². The van der Waals surface area contributed by atoms with E-state index in [0.29, 0.717) is 0 Å². The maximum Gasteiger partial charge on any atom is 0.150 e. The lowest BCUT2D eigenvalue weighted by atomic mass is 10.1. The Bertz CT molecular complexity index is 902. The summed E-state index contributed by atoms with van der Waals surface area (Å²) in [6.45, 7) is 1.72. The minimum Gasteiger partial charge on any atom is -0.382 e. The van der Waals surface area contributed by atoms with E-state index in [9.17, 15) is 0 Å². The minimum absolute atomic E-state index is 0.284. The van der Waals surface area contributed by atoms with Crippen molar-refractivity contribution in [2.24, 2.45) is 16.7 Å². The van der Waals surface area contributed by atoms with Crippen LogP contribution in [0, 0.1) is 0 Å². The third kappa shape index (κ3) is 3.07. The lowest BCUT2D eigenvalue weighted by molar-refractivity contribution is 0.425. The van der Waals surface area contributed by atoms with Crippen LogP contribution in [0.2, 0.25) is 0 Å². The summed E-state index contributed by atoms with van der Waals surface area (Å²) < 4.78 is 0. The van der Waals surface area contributed by atoms with Crippen LogP contribution in [0.5, 0.6) is 0 Å². The standard InChI is InChI=1S/C17H21N7/c1-24(2)8-7-21-17-13-5-6-20-10-14(13)12-4-3-11(16(18)23-19)9-15(12)22-17/h3-6,9-10H,7-8,19H2,1-2H3,(H2,18,23)(H,21,22). The Morgan fingerprint density at radius 2 is 2.04 bits per heavy atom. The van der Waals surface area contributed by atoms with Gasteiger partial charge >= 0.3 is 0 Å². The van der Waals surface area contributed by atoms with Crippen LogP contribution in [0.4, 0.5) is 5.82 Å². The average molecular weight is 323 g/mol. The van der Waals surface area contributed by atoms with Gasteiger partial charge in [0.15, 0.2) is 0 Å². The summed E-state index contributed by atoms with van der Waals surface area (Å²) in [7, 11) is 4.08. The molecule has 0 aliphatic rings. The van der Waals surface area contributed by atoms with Crippen molar-refractivity contribution in [3.05, 3.63) is 42.2 Å². The van der Waals surface area contributed by atoms with Gasteiger partial charge in [-0.1, -0.05) is 12.1 Å². The highest BCUT2D eigenvalue weighted by Crippen LogP contribution is 2.29. The molecule has 5 N–H and O–H groups in total. The molecule has 0 bridgehead atoms. The summed E-state index contributed by atoms with van der Waals surface area (Å²) in [4.78, 5) is 11.1. The van der Waals surface area contributed by atoms with Gasteiger partial charge in [-0.3, -0.25) is 4.98 Å². The number of aromatic nitrogens is 2. The Hall–Kier alpha value is -2.93. The summed E-state index contributed by atoms with van der Waals surface area (Å²) in [5.74, 6) is 6.40. The molecule has 0 unspecified atom stereocenters. The number of rotatable bonds is 5. The molecule has 0 atom stereocenters. The molecule has 0 saturated carbocycles. The monoisotopic (exact) mass is 323 g/mol. The van der Waals surface area contributed by atoms with Crippen molar-refractivity contribution in [1.82, 2.24) is 14.9 Å². The Kier molecular flexibility index (Phi) is 4.43. The SMILES string of the molecule is CN(C)CCNc1nc2cc(/C(N)=N/N)ccc2c2cnccc12. The number of fused-ring (bicyclic) bond motifs is 3. The van der Waals surface area contributed by atoms with E-state index in [1.807, 2.05) is 44.6 Å². The maximum absolute atomic E-state index is 5.81. The third-order valence-corrected chi connectivity index (χ3v) is 3.88. The second kappa shape index (κ2) is 6.67. The number of hydrazone groups is 1. The summed E-state index contributed by atoms with van der Waals surface area (Å²) in [6.07, 6.45) is 3.64. The molecule has 0 saturated heterocycles. The minimum atomic E-state index is 0.284. The van der Waals surface area contributed by atoms with Gasteiger partial charge in [-0.05, 0) is 26.2 Å². The van der Waals surface area contributed by atoms with Gasteiger partial charge in [0.1, 0.15) is 11.7 Å². The van der Waals surface area contributed by atoms with Gasteiger partial charge in [-0.15, -0.1) is 0 Å². The highest BCUT2D eigenvalue weighted by molar-refractivity contribution is 6.11. The zero-order chi connectivity index (χ0) is 17.1. The van der Waals surface area contributed by atoms with Crippen LogP contribution in [0.25, 0.3) is 21.7 Å². The van der Waals surface area contributed by atoms with Gasteiger partial charge in [-0.25, -0.2) is 4.98 Å². The molecule has 7 nitrogen and oxygen atoms in total. The maximum atomic E-state index is 5.81. The fraction of sp³-hybridized carbons (Fsp3) is 0.235. The quantitative estimate of drug-likeness (QED) is 0.215. The average Bonchev–Trinajstić information content (AvgIpc) is 2.60. The second-order valence-electron chi connectivity index (χ2n) is 5.86. The highest BCUT2D eigenvalue weighted by Gasteiger charge is 2.10. The molecule has 0 aliphatic carbocycles. The molecule has 2 aromatic heterocycles. The molecule has 24 heavy (non-hydrogen) atoms. The molecule has 7 heteroatoms. The molecule has 0 spiro atoms. The molecule has 124 valence electrons. The van der Waals surface area contributed by atoms with E-state index < -0.39 is 0 Å². The predicted molar refractivity (Wildman–Crippen MR) is 99.0 cm³/mol. The molecular formula is C17H21N7. The van der Waals surface area contributed by atoms with E-state index >= 15 is 0 Å². The van der Waals surface area contributed by atoms with E-state index in [-0.39, 0.29) is 5.84 Å². The fourth-order valence-corrected chi connectivity index (χ4v) is 2.61. The van der Waals surface area contributed by atoms with E-state index in [1.165, 1.54) is 0 Å². The van der Waals surface area contributed by atoms with Crippen molar-refractivity contribution in [3.8, 4) is 0 Å². The molecule has 0 radical (unpaired) electrons. The summed E-state index contributed by atoms with van der Waals surface area (Å²) in [5.41, 5.74) is 7.39. The summed E-state index contributed by atoms with van der Waals surface area (Å²) in [5, 5.41) is 10.1. The lowest BCUT2D eigenvalue weighted by Gasteiger charge is -2.14. The number of pyridine rings is 2. The van der Waals surface area contributed by atoms with Crippen molar-refractivity contribution in [2.45, 2.75) is 0 Å². The lowest BCUT2D eigenvalue weighted by Crippen LogP contribution is -2.21. The molecule has 3 rings (SSSR count).